The van der Waals surface area contributed by atoms with Gasteiger partial charge in [0.2, 0.25) is 0 Å². The molecule has 0 atom stereocenters. The van der Waals surface area contributed by atoms with E-state index < -0.39 is 0 Å². The molecule has 0 saturated carbocycles. The summed E-state index contributed by atoms with van der Waals surface area (Å²) >= 11 is 0. The summed E-state index contributed by atoms with van der Waals surface area (Å²) in [6.45, 7) is 1.84. The number of benzene rings is 2. The van der Waals surface area contributed by atoms with Gasteiger partial charge in [0.1, 0.15) is 5.75 Å². The summed E-state index contributed by atoms with van der Waals surface area (Å²) in [6, 6.07) is 12.5. The van der Waals surface area contributed by atoms with Crippen molar-refractivity contribution in [1.82, 2.24) is 0 Å². The zero-order chi connectivity index (χ0) is 13.1. The van der Waals surface area contributed by atoms with E-state index >= 15 is 0 Å². The molecule has 2 aromatic carbocycles. The van der Waals surface area contributed by atoms with Crippen molar-refractivity contribution in [1.29, 1.82) is 0 Å². The minimum Gasteiger partial charge on any atom is -0.497 e. The third kappa shape index (κ3) is 2.32. The highest BCUT2D eigenvalue weighted by Gasteiger charge is 2.15. The van der Waals surface area contributed by atoms with E-state index in [1.54, 1.807) is 25.3 Å². The molecular formula is C14H13NO3. The molecule has 0 amide bonds. The number of rotatable bonds is 3. The minimum atomic E-state index is -0.359. The quantitative estimate of drug-likeness (QED) is 0.611. The van der Waals surface area contributed by atoms with Crippen LogP contribution in [-0.2, 0) is 0 Å². The van der Waals surface area contributed by atoms with Crippen LogP contribution < -0.4 is 4.74 Å². The van der Waals surface area contributed by atoms with Crippen molar-refractivity contribution >= 4 is 5.69 Å². The number of nitrogens with zero attached hydrogens (tertiary/aromatic N) is 1. The fourth-order valence-corrected chi connectivity index (χ4v) is 1.83. The van der Waals surface area contributed by atoms with Crippen molar-refractivity contribution in [2.75, 3.05) is 7.11 Å². The van der Waals surface area contributed by atoms with Crippen molar-refractivity contribution < 1.29 is 9.66 Å². The molecular weight excluding hydrogens is 230 g/mol. The van der Waals surface area contributed by atoms with Crippen LogP contribution in [0.1, 0.15) is 5.56 Å². The van der Waals surface area contributed by atoms with Gasteiger partial charge < -0.3 is 4.74 Å². The molecule has 0 aliphatic heterocycles. The van der Waals surface area contributed by atoms with E-state index in [2.05, 4.69) is 0 Å². The lowest BCUT2D eigenvalue weighted by atomic mass is 10.0. The summed E-state index contributed by atoms with van der Waals surface area (Å²) in [5, 5.41) is 11.1. The average Bonchev–Trinajstić information content (AvgIpc) is 2.38. The first kappa shape index (κ1) is 12.1. The van der Waals surface area contributed by atoms with E-state index in [-0.39, 0.29) is 10.6 Å². The van der Waals surface area contributed by atoms with E-state index in [4.69, 9.17) is 4.74 Å². The van der Waals surface area contributed by atoms with E-state index in [0.717, 1.165) is 11.1 Å². The largest absolute Gasteiger partial charge is 0.497 e. The molecule has 0 aromatic heterocycles. The molecule has 0 aliphatic carbocycles. The number of methoxy groups -OCH3 is 1. The molecule has 2 rings (SSSR count). The third-order valence-corrected chi connectivity index (χ3v) is 2.73. The molecule has 0 aliphatic rings. The molecule has 4 nitrogen and oxygen atoms in total. The Balaban J connectivity index is 2.59. The molecule has 92 valence electrons. The van der Waals surface area contributed by atoms with Crippen molar-refractivity contribution in [3.8, 4) is 16.9 Å². The van der Waals surface area contributed by atoms with Crippen LogP contribution in [-0.4, -0.2) is 12.0 Å². The minimum absolute atomic E-state index is 0.114. The number of nitro benzene ring substituents is 1. The van der Waals surface area contributed by atoms with Crippen molar-refractivity contribution in [3.05, 3.63) is 58.1 Å². The predicted octanol–water partition coefficient (Wildman–Crippen LogP) is 3.58. The second-order valence-electron chi connectivity index (χ2n) is 4.01. The second-order valence-corrected chi connectivity index (χ2v) is 4.01. The van der Waals surface area contributed by atoms with Gasteiger partial charge in [-0.1, -0.05) is 18.2 Å². The molecule has 4 heteroatoms. The maximum Gasteiger partial charge on any atom is 0.277 e. The number of hydrogen-bond donors (Lipinski definition) is 0. The van der Waals surface area contributed by atoms with Gasteiger partial charge in [0.05, 0.1) is 17.6 Å². The van der Waals surface area contributed by atoms with Gasteiger partial charge in [0.25, 0.3) is 5.69 Å². The van der Waals surface area contributed by atoms with Gasteiger partial charge in [-0.25, -0.2) is 0 Å². The molecule has 0 unspecified atom stereocenters. The zero-order valence-corrected chi connectivity index (χ0v) is 10.2. The van der Waals surface area contributed by atoms with Crippen molar-refractivity contribution in [2.24, 2.45) is 0 Å². The number of ether oxygens (including phenoxy) is 1. The summed E-state index contributed by atoms with van der Waals surface area (Å²) in [6.07, 6.45) is 0. The first-order valence-corrected chi connectivity index (χ1v) is 5.51. The third-order valence-electron chi connectivity index (χ3n) is 2.73. The zero-order valence-electron chi connectivity index (χ0n) is 10.2. The van der Waals surface area contributed by atoms with Gasteiger partial charge in [-0.3, -0.25) is 10.1 Å². The Morgan fingerprint density at radius 2 is 1.94 bits per heavy atom. The summed E-state index contributed by atoms with van der Waals surface area (Å²) in [5.74, 6) is 0.683. The van der Waals surface area contributed by atoms with E-state index in [1.807, 2.05) is 31.2 Å². The van der Waals surface area contributed by atoms with Gasteiger partial charge in [-0.15, -0.1) is 0 Å². The highest BCUT2D eigenvalue weighted by atomic mass is 16.6. The topological polar surface area (TPSA) is 52.4 Å². The molecule has 0 N–H and O–H groups in total. The Morgan fingerprint density at radius 1 is 1.17 bits per heavy atom. The summed E-state index contributed by atoms with van der Waals surface area (Å²) in [4.78, 5) is 10.7. The van der Waals surface area contributed by atoms with Gasteiger partial charge >= 0.3 is 0 Å². The SMILES string of the molecule is COc1cccc(-c2ccc(C)cc2[N+](=O)[O-])c1. The number of nitro groups is 1. The molecule has 0 heterocycles. The summed E-state index contributed by atoms with van der Waals surface area (Å²) < 4.78 is 5.13. The Kier molecular flexibility index (Phi) is 3.28. The molecule has 0 bridgehead atoms. The molecule has 0 spiro atoms. The van der Waals surface area contributed by atoms with Crippen LogP contribution in [0.2, 0.25) is 0 Å². The lowest BCUT2D eigenvalue weighted by Crippen LogP contribution is -1.93. The smallest absolute Gasteiger partial charge is 0.277 e. The van der Waals surface area contributed by atoms with E-state index in [1.165, 1.54) is 0 Å². The first-order valence-electron chi connectivity index (χ1n) is 5.51. The van der Waals surface area contributed by atoms with Crippen LogP contribution in [0.3, 0.4) is 0 Å². The maximum absolute atomic E-state index is 11.1. The molecule has 0 fully saturated rings. The normalized spacial score (nSPS) is 10.1. The number of hydrogen-bond acceptors (Lipinski definition) is 3. The van der Waals surface area contributed by atoms with Crippen LogP contribution in [0.4, 0.5) is 5.69 Å². The van der Waals surface area contributed by atoms with Crippen LogP contribution >= 0.6 is 0 Å². The second kappa shape index (κ2) is 4.87. The van der Waals surface area contributed by atoms with Crippen molar-refractivity contribution in [2.45, 2.75) is 6.92 Å². The predicted molar refractivity (Wildman–Crippen MR) is 69.8 cm³/mol. The highest BCUT2D eigenvalue weighted by Crippen LogP contribution is 2.32. The van der Waals surface area contributed by atoms with Gasteiger partial charge in [0, 0.05) is 6.07 Å². The van der Waals surface area contributed by atoms with Crippen LogP contribution in [0.25, 0.3) is 11.1 Å². The average molecular weight is 243 g/mol. The lowest BCUT2D eigenvalue weighted by molar-refractivity contribution is -0.384. The fraction of sp³-hybridized carbons (Fsp3) is 0.143. The van der Waals surface area contributed by atoms with Gasteiger partial charge in [-0.05, 0) is 36.2 Å². The van der Waals surface area contributed by atoms with Gasteiger partial charge in [0.15, 0.2) is 0 Å². The van der Waals surface area contributed by atoms with Crippen LogP contribution in [0.15, 0.2) is 42.5 Å². The first-order chi connectivity index (χ1) is 8.61. The Hall–Kier alpha value is -2.36. The highest BCUT2D eigenvalue weighted by molar-refractivity contribution is 5.74. The fourth-order valence-electron chi connectivity index (χ4n) is 1.83. The Labute approximate surface area is 105 Å². The van der Waals surface area contributed by atoms with Gasteiger partial charge in [-0.2, -0.15) is 0 Å². The van der Waals surface area contributed by atoms with Crippen molar-refractivity contribution in [3.63, 3.8) is 0 Å². The molecule has 2 aromatic rings. The Bertz CT molecular complexity index is 593. The maximum atomic E-state index is 11.1. The summed E-state index contributed by atoms with van der Waals surface area (Å²) in [5.41, 5.74) is 2.36. The van der Waals surface area contributed by atoms with Crippen LogP contribution in [0, 0.1) is 17.0 Å². The van der Waals surface area contributed by atoms with E-state index in [9.17, 15) is 10.1 Å². The molecule has 0 radical (unpaired) electrons. The lowest BCUT2D eigenvalue weighted by Gasteiger charge is -2.06. The van der Waals surface area contributed by atoms with E-state index in [0.29, 0.717) is 11.3 Å². The molecule has 0 saturated heterocycles. The Morgan fingerprint density at radius 3 is 2.61 bits per heavy atom. The molecule has 18 heavy (non-hydrogen) atoms. The monoisotopic (exact) mass is 243 g/mol. The van der Waals surface area contributed by atoms with Crippen LogP contribution in [0.5, 0.6) is 5.75 Å². The number of aryl methyl sites for hydroxylation is 1. The summed E-state index contributed by atoms with van der Waals surface area (Å²) in [7, 11) is 1.57. The standard InChI is InChI=1S/C14H13NO3/c1-10-6-7-13(14(8-10)15(16)17)11-4-3-5-12(9-11)18-2/h3-9H,1-2H3.